The van der Waals surface area contributed by atoms with Crippen LogP contribution in [0, 0.1) is 5.82 Å². The third-order valence-electron chi connectivity index (χ3n) is 6.14. The summed E-state index contributed by atoms with van der Waals surface area (Å²) in [5.41, 5.74) is 2.26. The van der Waals surface area contributed by atoms with Gasteiger partial charge in [0.15, 0.2) is 0 Å². The lowest BCUT2D eigenvalue weighted by Gasteiger charge is -2.44. The first kappa shape index (κ1) is 20.5. The zero-order chi connectivity index (χ0) is 20.2. The van der Waals surface area contributed by atoms with E-state index < -0.39 is 0 Å². The molecule has 0 unspecified atom stereocenters. The van der Waals surface area contributed by atoms with Crippen LogP contribution in [-0.2, 0) is 6.54 Å². The Hall–Kier alpha value is -1.82. The summed E-state index contributed by atoms with van der Waals surface area (Å²) < 4.78 is 19.0. The number of halogens is 2. The van der Waals surface area contributed by atoms with Crippen molar-refractivity contribution in [1.82, 2.24) is 9.80 Å². The Bertz CT molecular complexity index is 808. The number of likely N-dealkylation sites (tertiary alicyclic amines) is 1. The molecule has 6 heteroatoms. The van der Waals surface area contributed by atoms with Gasteiger partial charge in [0.2, 0.25) is 0 Å². The summed E-state index contributed by atoms with van der Waals surface area (Å²) in [6, 6.07) is 14.1. The fourth-order valence-electron chi connectivity index (χ4n) is 4.51. The number of piperazine rings is 1. The van der Waals surface area contributed by atoms with Crippen LogP contribution in [0.15, 0.2) is 42.5 Å². The van der Waals surface area contributed by atoms with Gasteiger partial charge in [0.25, 0.3) is 0 Å². The Balaban J connectivity index is 1.30. The molecule has 1 atom stereocenters. The number of rotatable bonds is 5. The molecule has 0 spiro atoms. The van der Waals surface area contributed by atoms with Gasteiger partial charge in [0.05, 0.1) is 12.1 Å². The summed E-state index contributed by atoms with van der Waals surface area (Å²) in [5, 5.41) is 0.194. The van der Waals surface area contributed by atoms with Crippen LogP contribution in [0.4, 0.5) is 10.1 Å². The number of methoxy groups -OCH3 is 1. The van der Waals surface area contributed by atoms with E-state index in [2.05, 4.69) is 26.8 Å². The molecule has 2 aliphatic rings. The maximum absolute atomic E-state index is 13.7. The molecule has 0 amide bonds. The van der Waals surface area contributed by atoms with Gasteiger partial charge in [-0.1, -0.05) is 17.7 Å². The van der Waals surface area contributed by atoms with Gasteiger partial charge < -0.3 is 9.64 Å². The number of benzene rings is 2. The van der Waals surface area contributed by atoms with Gasteiger partial charge in [-0.05, 0) is 61.3 Å². The van der Waals surface area contributed by atoms with Gasteiger partial charge in [-0.15, -0.1) is 0 Å². The van der Waals surface area contributed by atoms with E-state index in [1.54, 1.807) is 19.2 Å². The summed E-state index contributed by atoms with van der Waals surface area (Å²) in [5.74, 6) is 0.572. The standard InChI is InChI=1S/C23H29ClFN3O/c1-29-21-7-5-19(6-8-21)27-11-13-28(14-12-27)20-3-2-10-26(17-20)16-18-4-9-22(24)23(25)15-18/h4-9,15,20H,2-3,10-14,16-17H2,1H3/t20-/m0/s1. The third-order valence-corrected chi connectivity index (χ3v) is 6.45. The molecule has 2 aliphatic heterocycles. The molecule has 29 heavy (non-hydrogen) atoms. The molecule has 156 valence electrons. The van der Waals surface area contributed by atoms with E-state index in [0.717, 1.165) is 57.1 Å². The highest BCUT2D eigenvalue weighted by atomic mass is 35.5. The van der Waals surface area contributed by atoms with Crippen LogP contribution in [0.2, 0.25) is 5.02 Å². The van der Waals surface area contributed by atoms with E-state index in [4.69, 9.17) is 16.3 Å². The third kappa shape index (κ3) is 5.03. The quantitative estimate of drug-likeness (QED) is 0.722. The molecule has 0 aliphatic carbocycles. The van der Waals surface area contributed by atoms with Crippen molar-refractivity contribution in [2.75, 3.05) is 51.3 Å². The Labute approximate surface area is 177 Å². The number of hydrogen-bond acceptors (Lipinski definition) is 4. The number of hydrogen-bond donors (Lipinski definition) is 0. The predicted octanol–water partition coefficient (Wildman–Crippen LogP) is 4.27. The molecule has 0 saturated carbocycles. The van der Waals surface area contributed by atoms with Crippen molar-refractivity contribution in [2.45, 2.75) is 25.4 Å². The highest BCUT2D eigenvalue weighted by molar-refractivity contribution is 6.30. The molecule has 2 heterocycles. The Morgan fingerprint density at radius 2 is 1.79 bits per heavy atom. The fourth-order valence-corrected chi connectivity index (χ4v) is 4.62. The summed E-state index contributed by atoms with van der Waals surface area (Å²) in [7, 11) is 1.70. The van der Waals surface area contributed by atoms with Crippen LogP contribution >= 0.6 is 11.6 Å². The molecular formula is C23H29ClFN3O. The zero-order valence-electron chi connectivity index (χ0n) is 17.0. The molecule has 0 N–H and O–H groups in total. The van der Waals surface area contributed by atoms with Gasteiger partial charge in [0.1, 0.15) is 11.6 Å². The minimum absolute atomic E-state index is 0.194. The van der Waals surface area contributed by atoms with E-state index in [0.29, 0.717) is 6.04 Å². The Kier molecular flexibility index (Phi) is 6.58. The van der Waals surface area contributed by atoms with Crippen molar-refractivity contribution in [3.05, 3.63) is 58.9 Å². The Morgan fingerprint density at radius 3 is 2.48 bits per heavy atom. The summed E-state index contributed by atoms with van der Waals surface area (Å²) >= 11 is 5.81. The van der Waals surface area contributed by atoms with E-state index in [1.165, 1.54) is 18.5 Å². The zero-order valence-corrected chi connectivity index (χ0v) is 17.7. The first-order valence-corrected chi connectivity index (χ1v) is 10.8. The number of anilines is 1. The minimum atomic E-state index is -0.327. The SMILES string of the molecule is COc1ccc(N2CCN([C@H]3CCCN(Cc4ccc(Cl)c(F)c4)C3)CC2)cc1. The van der Waals surface area contributed by atoms with Gasteiger partial charge in [0, 0.05) is 51.0 Å². The van der Waals surface area contributed by atoms with Crippen LogP contribution in [0.1, 0.15) is 18.4 Å². The van der Waals surface area contributed by atoms with Crippen LogP contribution in [0.25, 0.3) is 0 Å². The second-order valence-electron chi connectivity index (χ2n) is 8.00. The molecule has 2 fully saturated rings. The van der Waals surface area contributed by atoms with Gasteiger partial charge in [-0.25, -0.2) is 4.39 Å². The molecular weight excluding hydrogens is 389 g/mol. The molecule has 2 aromatic carbocycles. The average Bonchev–Trinajstić information content (AvgIpc) is 2.77. The smallest absolute Gasteiger partial charge is 0.142 e. The maximum Gasteiger partial charge on any atom is 0.142 e. The minimum Gasteiger partial charge on any atom is -0.497 e. The van der Waals surface area contributed by atoms with Crippen molar-refractivity contribution in [1.29, 1.82) is 0 Å². The van der Waals surface area contributed by atoms with Crippen molar-refractivity contribution >= 4 is 17.3 Å². The van der Waals surface area contributed by atoms with Crippen LogP contribution in [-0.4, -0.2) is 62.2 Å². The molecule has 4 nitrogen and oxygen atoms in total. The second kappa shape index (κ2) is 9.33. The number of ether oxygens (including phenoxy) is 1. The fraction of sp³-hybridized carbons (Fsp3) is 0.478. The van der Waals surface area contributed by atoms with E-state index in [1.807, 2.05) is 18.2 Å². The lowest BCUT2D eigenvalue weighted by Crippen LogP contribution is -2.55. The van der Waals surface area contributed by atoms with E-state index in [-0.39, 0.29) is 10.8 Å². The van der Waals surface area contributed by atoms with Crippen molar-refractivity contribution in [3.8, 4) is 5.75 Å². The number of piperidine rings is 1. The molecule has 4 rings (SSSR count). The topological polar surface area (TPSA) is 19.0 Å². The Morgan fingerprint density at radius 1 is 1.03 bits per heavy atom. The largest absolute Gasteiger partial charge is 0.497 e. The normalized spacial score (nSPS) is 21.3. The number of nitrogens with zero attached hydrogens (tertiary/aromatic N) is 3. The first-order chi connectivity index (χ1) is 14.1. The highest BCUT2D eigenvalue weighted by Gasteiger charge is 2.28. The van der Waals surface area contributed by atoms with Crippen LogP contribution < -0.4 is 9.64 Å². The first-order valence-electron chi connectivity index (χ1n) is 10.4. The van der Waals surface area contributed by atoms with Crippen molar-refractivity contribution < 1.29 is 9.13 Å². The van der Waals surface area contributed by atoms with Gasteiger partial charge >= 0.3 is 0 Å². The lowest BCUT2D eigenvalue weighted by molar-refractivity contribution is 0.0887. The monoisotopic (exact) mass is 417 g/mol. The lowest BCUT2D eigenvalue weighted by atomic mass is 10.0. The average molecular weight is 418 g/mol. The van der Waals surface area contributed by atoms with Crippen molar-refractivity contribution in [2.24, 2.45) is 0 Å². The molecule has 0 aromatic heterocycles. The molecule has 0 bridgehead atoms. The van der Waals surface area contributed by atoms with E-state index in [9.17, 15) is 4.39 Å². The summed E-state index contributed by atoms with van der Waals surface area (Å²) in [6.45, 7) is 7.17. The summed E-state index contributed by atoms with van der Waals surface area (Å²) in [4.78, 5) is 7.54. The second-order valence-corrected chi connectivity index (χ2v) is 8.41. The van der Waals surface area contributed by atoms with Crippen LogP contribution in [0.3, 0.4) is 0 Å². The molecule has 2 saturated heterocycles. The predicted molar refractivity (Wildman–Crippen MR) is 116 cm³/mol. The maximum atomic E-state index is 13.7. The van der Waals surface area contributed by atoms with Gasteiger partial charge in [-0.3, -0.25) is 9.80 Å². The van der Waals surface area contributed by atoms with Gasteiger partial charge in [-0.2, -0.15) is 0 Å². The highest BCUT2D eigenvalue weighted by Crippen LogP contribution is 2.24. The molecule has 2 aromatic rings. The van der Waals surface area contributed by atoms with E-state index >= 15 is 0 Å². The molecule has 0 radical (unpaired) electrons. The van der Waals surface area contributed by atoms with Crippen molar-refractivity contribution in [3.63, 3.8) is 0 Å². The van der Waals surface area contributed by atoms with Crippen LogP contribution in [0.5, 0.6) is 5.75 Å². The summed E-state index contributed by atoms with van der Waals surface area (Å²) in [6.07, 6.45) is 2.44.